The lowest BCUT2D eigenvalue weighted by Crippen LogP contribution is -2.28. The van der Waals surface area contributed by atoms with E-state index in [1.165, 1.54) is 38.5 Å². The summed E-state index contributed by atoms with van der Waals surface area (Å²) in [7, 11) is 0. The van der Waals surface area contributed by atoms with Gasteiger partial charge in [0.1, 0.15) is 0 Å². The molecule has 0 rings (SSSR count). The summed E-state index contributed by atoms with van der Waals surface area (Å²) in [5.74, 6) is -0.349. The Kier molecular flexibility index (Phi) is 31.7. The van der Waals surface area contributed by atoms with Gasteiger partial charge in [-0.15, -0.1) is 0 Å². The maximum absolute atomic E-state index is 12.2. The van der Waals surface area contributed by atoms with E-state index in [0.717, 1.165) is 116 Å². The SMILES string of the molecule is CCCCCC[C@@H](O)C/C=C\CCCCCCCC(=O)OCC(C)(C)COC(=O)CCCCCCC/C=C\C[C@H](O)CCCCCC. The number of aliphatic hydroxyl groups excluding tert-OH is 2. The molecule has 0 amide bonds. The normalized spacial score (nSPS) is 13.4. The largest absolute Gasteiger partial charge is 0.465 e. The van der Waals surface area contributed by atoms with Crippen molar-refractivity contribution in [1.82, 2.24) is 0 Å². The van der Waals surface area contributed by atoms with Crippen LogP contribution in [0, 0.1) is 5.41 Å². The monoisotopic (exact) mass is 665 g/mol. The maximum atomic E-state index is 12.2. The Bertz CT molecular complexity index is 712. The topological polar surface area (TPSA) is 93.1 Å². The Labute approximate surface area is 290 Å². The molecule has 0 unspecified atom stereocenters. The number of esters is 2. The van der Waals surface area contributed by atoms with Crippen molar-refractivity contribution in [3.63, 3.8) is 0 Å². The predicted octanol–water partition coefficient (Wildman–Crippen LogP) is 11.1. The van der Waals surface area contributed by atoms with E-state index in [1.807, 2.05) is 13.8 Å². The van der Waals surface area contributed by atoms with Crippen LogP contribution in [0.3, 0.4) is 0 Å². The van der Waals surface area contributed by atoms with E-state index in [0.29, 0.717) is 12.8 Å². The van der Waals surface area contributed by atoms with E-state index in [2.05, 4.69) is 38.2 Å². The van der Waals surface area contributed by atoms with Gasteiger partial charge < -0.3 is 19.7 Å². The molecule has 0 aromatic heterocycles. The van der Waals surface area contributed by atoms with Gasteiger partial charge in [0, 0.05) is 18.3 Å². The summed E-state index contributed by atoms with van der Waals surface area (Å²) in [5.41, 5.74) is -0.400. The highest BCUT2D eigenvalue weighted by atomic mass is 16.5. The lowest BCUT2D eigenvalue weighted by atomic mass is 9.96. The van der Waals surface area contributed by atoms with E-state index >= 15 is 0 Å². The quantitative estimate of drug-likeness (QED) is 0.0404. The minimum Gasteiger partial charge on any atom is -0.465 e. The number of aliphatic hydroxyl groups is 2. The first-order valence-electron chi connectivity index (χ1n) is 19.7. The summed E-state index contributed by atoms with van der Waals surface area (Å²) in [6.07, 6.45) is 34.8. The van der Waals surface area contributed by atoms with E-state index in [1.54, 1.807) is 0 Å². The molecule has 0 saturated carbocycles. The lowest BCUT2D eigenvalue weighted by Gasteiger charge is -2.23. The van der Waals surface area contributed by atoms with E-state index in [9.17, 15) is 19.8 Å². The molecule has 2 atom stereocenters. The van der Waals surface area contributed by atoms with Gasteiger partial charge in [0.05, 0.1) is 25.4 Å². The molecule has 0 spiro atoms. The summed E-state index contributed by atoms with van der Waals surface area (Å²) in [6, 6.07) is 0. The van der Waals surface area contributed by atoms with Gasteiger partial charge in [-0.05, 0) is 64.2 Å². The van der Waals surface area contributed by atoms with Crippen molar-refractivity contribution in [2.45, 2.75) is 207 Å². The van der Waals surface area contributed by atoms with Crippen LogP contribution < -0.4 is 0 Å². The number of unbranched alkanes of at least 4 members (excludes halogenated alkanes) is 16. The predicted molar refractivity (Wildman–Crippen MR) is 197 cm³/mol. The average molecular weight is 665 g/mol. The molecule has 0 aliphatic heterocycles. The van der Waals surface area contributed by atoms with Crippen molar-refractivity contribution in [2.75, 3.05) is 13.2 Å². The van der Waals surface area contributed by atoms with Crippen LogP contribution in [0.2, 0.25) is 0 Å². The van der Waals surface area contributed by atoms with Gasteiger partial charge >= 0.3 is 11.9 Å². The molecule has 0 aliphatic carbocycles. The van der Waals surface area contributed by atoms with Gasteiger partial charge in [-0.2, -0.15) is 0 Å². The summed E-state index contributed by atoms with van der Waals surface area (Å²) >= 11 is 0. The summed E-state index contributed by atoms with van der Waals surface area (Å²) in [5, 5.41) is 20.0. The van der Waals surface area contributed by atoms with Crippen molar-refractivity contribution in [3.8, 4) is 0 Å². The number of hydrogen-bond acceptors (Lipinski definition) is 6. The van der Waals surface area contributed by atoms with E-state index < -0.39 is 5.41 Å². The zero-order valence-corrected chi connectivity index (χ0v) is 31.3. The molecule has 0 aliphatic rings. The number of carbonyl (C=O) groups excluding carboxylic acids is 2. The molecule has 0 bridgehead atoms. The zero-order chi connectivity index (χ0) is 34.9. The zero-order valence-electron chi connectivity index (χ0n) is 31.3. The molecular formula is C41H76O6. The third kappa shape index (κ3) is 34.0. The van der Waals surface area contributed by atoms with Crippen LogP contribution in [0.5, 0.6) is 0 Å². The Balaban J connectivity index is 3.67. The standard InChI is InChI=1S/C41H76O6/c1-5-7-9-23-29-37(42)31-25-19-15-11-13-17-21-27-33-39(44)46-35-41(3,4)36-47-40(45)34-28-22-18-14-12-16-20-26-32-38(43)30-24-10-8-6-2/h19-20,25-26,37-38,42-43H,5-18,21-24,27-36H2,1-4H3/b25-19-,26-20-/t37-,38-/m1/s1. The van der Waals surface area contributed by atoms with Gasteiger partial charge in [-0.1, -0.05) is 142 Å². The Morgan fingerprint density at radius 2 is 0.894 bits per heavy atom. The van der Waals surface area contributed by atoms with Gasteiger partial charge in [0.15, 0.2) is 0 Å². The van der Waals surface area contributed by atoms with Crippen LogP contribution >= 0.6 is 0 Å². The van der Waals surface area contributed by atoms with Gasteiger partial charge in [-0.25, -0.2) is 0 Å². The molecule has 0 saturated heterocycles. The van der Waals surface area contributed by atoms with E-state index in [4.69, 9.17) is 9.47 Å². The Morgan fingerprint density at radius 3 is 1.30 bits per heavy atom. The summed E-state index contributed by atoms with van der Waals surface area (Å²) in [6.45, 7) is 8.83. The molecule has 47 heavy (non-hydrogen) atoms. The fourth-order valence-electron chi connectivity index (χ4n) is 5.45. The number of allylic oxidation sites excluding steroid dienone is 2. The molecule has 0 aromatic rings. The van der Waals surface area contributed by atoms with Crippen molar-refractivity contribution in [3.05, 3.63) is 24.3 Å². The van der Waals surface area contributed by atoms with Crippen molar-refractivity contribution < 1.29 is 29.3 Å². The first kappa shape index (κ1) is 45.3. The van der Waals surface area contributed by atoms with Crippen LogP contribution in [-0.4, -0.2) is 47.6 Å². The van der Waals surface area contributed by atoms with Crippen molar-refractivity contribution >= 4 is 11.9 Å². The first-order valence-corrected chi connectivity index (χ1v) is 19.7. The molecule has 0 aromatic carbocycles. The van der Waals surface area contributed by atoms with Crippen LogP contribution in [0.15, 0.2) is 24.3 Å². The number of carbonyl (C=O) groups is 2. The second-order valence-electron chi connectivity index (χ2n) is 14.5. The third-order valence-corrected chi connectivity index (χ3v) is 8.68. The third-order valence-electron chi connectivity index (χ3n) is 8.68. The molecule has 6 nitrogen and oxygen atoms in total. The number of ether oxygens (including phenoxy) is 2. The smallest absolute Gasteiger partial charge is 0.305 e. The maximum Gasteiger partial charge on any atom is 0.305 e. The van der Waals surface area contributed by atoms with Gasteiger partial charge in [0.2, 0.25) is 0 Å². The lowest BCUT2D eigenvalue weighted by molar-refractivity contribution is -0.152. The second kappa shape index (κ2) is 32.9. The van der Waals surface area contributed by atoms with Crippen LogP contribution in [0.4, 0.5) is 0 Å². The minimum absolute atomic E-state index is 0.175. The molecule has 2 N–H and O–H groups in total. The number of rotatable bonds is 34. The van der Waals surface area contributed by atoms with Crippen LogP contribution in [0.25, 0.3) is 0 Å². The molecule has 0 heterocycles. The van der Waals surface area contributed by atoms with Crippen LogP contribution in [-0.2, 0) is 19.1 Å². The Morgan fingerprint density at radius 1 is 0.532 bits per heavy atom. The van der Waals surface area contributed by atoms with Crippen LogP contribution in [0.1, 0.15) is 195 Å². The van der Waals surface area contributed by atoms with Gasteiger partial charge in [0.25, 0.3) is 0 Å². The minimum atomic E-state index is -0.400. The summed E-state index contributed by atoms with van der Waals surface area (Å²) in [4.78, 5) is 24.4. The molecule has 276 valence electrons. The fraction of sp³-hybridized carbons (Fsp3) is 0.854. The van der Waals surface area contributed by atoms with Crippen molar-refractivity contribution in [2.24, 2.45) is 5.41 Å². The second-order valence-corrected chi connectivity index (χ2v) is 14.5. The highest BCUT2D eigenvalue weighted by molar-refractivity contribution is 5.69. The van der Waals surface area contributed by atoms with Crippen molar-refractivity contribution in [1.29, 1.82) is 0 Å². The Hall–Kier alpha value is -1.66. The van der Waals surface area contributed by atoms with E-state index in [-0.39, 0.29) is 37.4 Å². The molecular weight excluding hydrogens is 588 g/mol. The highest BCUT2D eigenvalue weighted by Crippen LogP contribution is 2.18. The fourth-order valence-corrected chi connectivity index (χ4v) is 5.45. The molecule has 0 fully saturated rings. The molecule has 6 heteroatoms. The average Bonchev–Trinajstić information content (AvgIpc) is 3.05. The van der Waals surface area contributed by atoms with Gasteiger partial charge in [-0.3, -0.25) is 9.59 Å². The highest BCUT2D eigenvalue weighted by Gasteiger charge is 2.22. The summed E-state index contributed by atoms with van der Waals surface area (Å²) < 4.78 is 11.0. The first-order chi connectivity index (χ1) is 22.7. The molecule has 0 radical (unpaired) electrons. The number of hydrogen-bond donors (Lipinski definition) is 2.